The molecule has 2 rings (SSSR count). The van der Waals surface area contributed by atoms with E-state index in [1.807, 2.05) is 6.07 Å². The highest BCUT2D eigenvalue weighted by atomic mass is 19.4. The second-order valence-corrected chi connectivity index (χ2v) is 5.28. The van der Waals surface area contributed by atoms with E-state index < -0.39 is 12.8 Å². The van der Waals surface area contributed by atoms with E-state index in [0.29, 0.717) is 17.5 Å². The smallest absolute Gasteiger partial charge is 0.422 e. The molecule has 106 valence electrons. The summed E-state index contributed by atoms with van der Waals surface area (Å²) in [5.74, 6) is 1.34. The molecule has 1 atom stereocenters. The number of fused-ring (bicyclic) bond motifs is 1. The second kappa shape index (κ2) is 5.31. The van der Waals surface area contributed by atoms with E-state index in [4.69, 9.17) is 4.74 Å². The van der Waals surface area contributed by atoms with Gasteiger partial charge in [0.05, 0.1) is 5.69 Å². The minimum Gasteiger partial charge on any atom is -0.482 e. The minimum atomic E-state index is -4.31. The van der Waals surface area contributed by atoms with Gasteiger partial charge < -0.3 is 10.1 Å². The minimum absolute atomic E-state index is 0.289. The molecule has 2 nitrogen and oxygen atoms in total. The molecule has 0 aliphatic carbocycles. The van der Waals surface area contributed by atoms with Crippen molar-refractivity contribution in [1.82, 2.24) is 0 Å². The van der Waals surface area contributed by atoms with Crippen LogP contribution in [0.2, 0.25) is 0 Å². The van der Waals surface area contributed by atoms with Gasteiger partial charge in [-0.15, -0.1) is 0 Å². The Kier molecular flexibility index (Phi) is 3.92. The summed E-state index contributed by atoms with van der Waals surface area (Å²) in [4.78, 5) is 0. The Hall–Kier alpha value is -1.39. The number of halogens is 3. The maximum absolute atomic E-state index is 12.2. The first-order valence-corrected chi connectivity index (χ1v) is 6.42. The fourth-order valence-electron chi connectivity index (χ4n) is 2.29. The molecule has 0 aromatic heterocycles. The number of hydrogen-bond acceptors (Lipinski definition) is 2. The summed E-state index contributed by atoms with van der Waals surface area (Å²) in [6.07, 6.45) is -3.43. The molecule has 0 saturated heterocycles. The number of para-hydroxylation sites is 1. The van der Waals surface area contributed by atoms with E-state index in [0.717, 1.165) is 18.5 Å². The molecule has 1 aliphatic heterocycles. The highest BCUT2D eigenvalue weighted by molar-refractivity contribution is 5.63. The number of hydrogen-bond donors (Lipinski definition) is 1. The van der Waals surface area contributed by atoms with Gasteiger partial charge in [0.25, 0.3) is 0 Å². The number of alkyl halides is 3. The highest BCUT2D eigenvalue weighted by Gasteiger charge is 2.30. The summed E-state index contributed by atoms with van der Waals surface area (Å²) in [6.45, 7) is 3.83. The molecule has 1 aromatic rings. The van der Waals surface area contributed by atoms with Crippen molar-refractivity contribution in [1.29, 1.82) is 0 Å². The second-order valence-electron chi connectivity index (χ2n) is 5.28. The van der Waals surface area contributed by atoms with E-state index in [1.165, 1.54) is 0 Å². The van der Waals surface area contributed by atoms with Crippen LogP contribution in [0, 0.1) is 11.8 Å². The van der Waals surface area contributed by atoms with Crippen LogP contribution in [0.25, 0.3) is 0 Å². The monoisotopic (exact) mass is 273 g/mol. The summed E-state index contributed by atoms with van der Waals surface area (Å²) >= 11 is 0. The lowest BCUT2D eigenvalue weighted by Gasteiger charge is -2.30. The molecule has 19 heavy (non-hydrogen) atoms. The lowest BCUT2D eigenvalue weighted by atomic mass is 9.86. The predicted molar refractivity (Wildman–Crippen MR) is 68.5 cm³/mol. The topological polar surface area (TPSA) is 21.3 Å². The van der Waals surface area contributed by atoms with Crippen molar-refractivity contribution in [3.05, 3.63) is 23.8 Å². The first kappa shape index (κ1) is 14.0. The van der Waals surface area contributed by atoms with E-state index in [9.17, 15) is 13.2 Å². The van der Waals surface area contributed by atoms with Crippen LogP contribution in [0.1, 0.15) is 19.4 Å². The normalized spacial score (nSPS) is 18.9. The van der Waals surface area contributed by atoms with Crippen LogP contribution in [0.15, 0.2) is 18.2 Å². The van der Waals surface area contributed by atoms with Gasteiger partial charge >= 0.3 is 6.18 Å². The molecule has 0 bridgehead atoms. The van der Waals surface area contributed by atoms with Crippen LogP contribution in [0.4, 0.5) is 18.9 Å². The maximum Gasteiger partial charge on any atom is 0.422 e. The summed E-state index contributed by atoms with van der Waals surface area (Å²) in [7, 11) is 0. The van der Waals surface area contributed by atoms with Gasteiger partial charge in [-0.3, -0.25) is 0 Å². The fourth-order valence-corrected chi connectivity index (χ4v) is 2.29. The van der Waals surface area contributed by atoms with E-state index in [1.54, 1.807) is 12.1 Å². The van der Waals surface area contributed by atoms with Crippen LogP contribution in [0.3, 0.4) is 0 Å². The average molecular weight is 273 g/mol. The van der Waals surface area contributed by atoms with Crippen molar-refractivity contribution in [2.75, 3.05) is 18.5 Å². The van der Waals surface area contributed by atoms with Crippen molar-refractivity contribution in [3.8, 4) is 5.75 Å². The van der Waals surface area contributed by atoms with E-state index in [2.05, 4.69) is 19.2 Å². The summed E-state index contributed by atoms with van der Waals surface area (Å²) in [5.41, 5.74) is 1.74. The average Bonchev–Trinajstić information content (AvgIpc) is 2.34. The standard InChI is InChI=1S/C14H18F3NO/c1-9(2)11-6-10-4-3-5-12(13(10)18-7-11)19-8-14(15,16)17/h3-5,9,11,18H,6-8H2,1-2H3. The summed E-state index contributed by atoms with van der Waals surface area (Å²) < 4.78 is 41.5. The zero-order valence-corrected chi connectivity index (χ0v) is 11.1. The van der Waals surface area contributed by atoms with Crippen molar-refractivity contribution >= 4 is 5.69 Å². The van der Waals surface area contributed by atoms with Gasteiger partial charge in [0.1, 0.15) is 5.75 Å². The molecular formula is C14H18F3NO. The van der Waals surface area contributed by atoms with Crippen LogP contribution in [-0.2, 0) is 6.42 Å². The molecule has 5 heteroatoms. The Bertz CT molecular complexity index is 443. The zero-order chi connectivity index (χ0) is 14.0. The Labute approximate surface area is 111 Å². The number of benzene rings is 1. The number of anilines is 1. The number of ether oxygens (including phenoxy) is 1. The molecule has 1 N–H and O–H groups in total. The molecule has 1 unspecified atom stereocenters. The first-order chi connectivity index (χ1) is 8.87. The van der Waals surface area contributed by atoms with Crippen molar-refractivity contribution in [2.45, 2.75) is 26.4 Å². The predicted octanol–water partition coefficient (Wildman–Crippen LogP) is 3.87. The van der Waals surface area contributed by atoms with E-state index >= 15 is 0 Å². The molecule has 0 spiro atoms. The fraction of sp³-hybridized carbons (Fsp3) is 0.571. The lowest BCUT2D eigenvalue weighted by molar-refractivity contribution is -0.153. The molecule has 0 saturated carbocycles. The lowest BCUT2D eigenvalue weighted by Crippen LogP contribution is -2.28. The number of rotatable bonds is 3. The van der Waals surface area contributed by atoms with Gasteiger partial charge in [0.2, 0.25) is 0 Å². The molecule has 1 heterocycles. The molecule has 0 amide bonds. The quantitative estimate of drug-likeness (QED) is 0.902. The maximum atomic E-state index is 12.2. The molecule has 0 fully saturated rings. The van der Waals surface area contributed by atoms with E-state index in [-0.39, 0.29) is 5.75 Å². The SMILES string of the molecule is CC(C)C1CNc2c(cccc2OCC(F)(F)F)C1. The van der Waals surface area contributed by atoms with Gasteiger partial charge in [0.15, 0.2) is 6.61 Å². The van der Waals surface area contributed by atoms with Gasteiger partial charge in [-0.25, -0.2) is 0 Å². The van der Waals surface area contributed by atoms with Gasteiger partial charge in [0, 0.05) is 6.54 Å². The molecule has 1 aromatic carbocycles. The third-order valence-corrected chi connectivity index (χ3v) is 3.47. The van der Waals surface area contributed by atoms with Crippen molar-refractivity contribution < 1.29 is 17.9 Å². The Balaban J connectivity index is 2.14. The van der Waals surface area contributed by atoms with Crippen LogP contribution >= 0.6 is 0 Å². The van der Waals surface area contributed by atoms with Gasteiger partial charge in [-0.1, -0.05) is 26.0 Å². The van der Waals surface area contributed by atoms with Gasteiger partial charge in [-0.2, -0.15) is 13.2 Å². The summed E-state index contributed by atoms with van der Waals surface area (Å²) in [5, 5.41) is 3.21. The van der Waals surface area contributed by atoms with Crippen molar-refractivity contribution in [3.63, 3.8) is 0 Å². The third kappa shape index (κ3) is 3.55. The van der Waals surface area contributed by atoms with Crippen molar-refractivity contribution in [2.24, 2.45) is 11.8 Å². The molecular weight excluding hydrogens is 255 g/mol. The number of nitrogens with one attached hydrogen (secondary N) is 1. The van der Waals surface area contributed by atoms with Crippen LogP contribution < -0.4 is 10.1 Å². The Morgan fingerprint density at radius 1 is 1.37 bits per heavy atom. The highest BCUT2D eigenvalue weighted by Crippen LogP contribution is 2.36. The summed E-state index contributed by atoms with van der Waals surface area (Å²) in [6, 6.07) is 5.26. The van der Waals surface area contributed by atoms with Gasteiger partial charge in [-0.05, 0) is 29.9 Å². The first-order valence-electron chi connectivity index (χ1n) is 6.42. The Morgan fingerprint density at radius 3 is 2.74 bits per heavy atom. The third-order valence-electron chi connectivity index (χ3n) is 3.47. The van der Waals surface area contributed by atoms with Crippen LogP contribution in [-0.4, -0.2) is 19.3 Å². The molecule has 1 aliphatic rings. The molecule has 0 radical (unpaired) electrons. The van der Waals surface area contributed by atoms with Crippen LogP contribution in [0.5, 0.6) is 5.75 Å². The zero-order valence-electron chi connectivity index (χ0n) is 11.1. The Morgan fingerprint density at radius 2 is 2.11 bits per heavy atom. The largest absolute Gasteiger partial charge is 0.482 e.